The third kappa shape index (κ3) is 5.58. The number of alkyl halides is 3. The molecule has 2 aromatic rings. The average Bonchev–Trinajstić information content (AvgIpc) is 2.55. The van der Waals surface area contributed by atoms with Gasteiger partial charge in [0.1, 0.15) is 11.9 Å². The quantitative estimate of drug-likeness (QED) is 0.769. The summed E-state index contributed by atoms with van der Waals surface area (Å²) < 4.78 is 50.9. The van der Waals surface area contributed by atoms with Crippen LogP contribution in [0.25, 0.3) is 0 Å². The van der Waals surface area contributed by atoms with E-state index in [1.807, 2.05) is 0 Å². The van der Waals surface area contributed by atoms with E-state index in [2.05, 4.69) is 5.32 Å². The van der Waals surface area contributed by atoms with E-state index in [4.69, 9.17) is 0 Å². The Morgan fingerprint density at radius 3 is 2.27 bits per heavy atom. The van der Waals surface area contributed by atoms with E-state index < -0.39 is 41.9 Å². The fourth-order valence-electron chi connectivity index (χ4n) is 2.34. The highest BCUT2D eigenvalue weighted by atomic mass is 19.4. The van der Waals surface area contributed by atoms with Gasteiger partial charge in [-0.25, -0.2) is 9.18 Å². The number of nitrogens with one attached hydrogen (secondary N) is 1. The second-order valence-electron chi connectivity index (χ2n) is 5.66. The first-order chi connectivity index (χ1) is 12.1. The van der Waals surface area contributed by atoms with Crippen molar-refractivity contribution in [2.45, 2.75) is 25.1 Å². The van der Waals surface area contributed by atoms with Crippen molar-refractivity contribution in [3.05, 3.63) is 71.0 Å². The summed E-state index contributed by atoms with van der Waals surface area (Å²) in [5.74, 6) is -2.50. The summed E-state index contributed by atoms with van der Waals surface area (Å²) >= 11 is 0. The number of benzene rings is 2. The van der Waals surface area contributed by atoms with Gasteiger partial charge in [0, 0.05) is 6.42 Å². The Kier molecular flexibility index (Phi) is 5.97. The Labute approximate surface area is 146 Å². The van der Waals surface area contributed by atoms with Crippen molar-refractivity contribution in [3.8, 4) is 0 Å². The van der Waals surface area contributed by atoms with Crippen molar-refractivity contribution in [3.63, 3.8) is 0 Å². The standard InChI is InChI=1S/C18H15F4NO3/c19-14-6-4-11(5-7-14)9-15(17(25)26)23-16(24)10-12-2-1-3-13(8-12)18(20,21)22/h1-8,15H,9-10H2,(H,23,24)(H,25,26)/t15-/m1/s1. The molecule has 0 aliphatic carbocycles. The third-order valence-corrected chi connectivity index (χ3v) is 3.61. The van der Waals surface area contributed by atoms with E-state index in [1.54, 1.807) is 0 Å². The van der Waals surface area contributed by atoms with Gasteiger partial charge in [0.2, 0.25) is 5.91 Å². The number of hydrogen-bond acceptors (Lipinski definition) is 2. The Morgan fingerprint density at radius 2 is 1.69 bits per heavy atom. The number of rotatable bonds is 6. The number of carbonyl (C=O) groups excluding carboxylic acids is 1. The van der Waals surface area contributed by atoms with Gasteiger partial charge in [-0.3, -0.25) is 4.79 Å². The second kappa shape index (κ2) is 7.99. The van der Waals surface area contributed by atoms with E-state index in [0.29, 0.717) is 5.56 Å². The normalized spacial score (nSPS) is 12.5. The van der Waals surface area contributed by atoms with Gasteiger partial charge in [-0.1, -0.05) is 30.3 Å². The number of carboxylic acid groups (broad SMARTS) is 1. The van der Waals surface area contributed by atoms with Gasteiger partial charge in [-0.05, 0) is 29.3 Å². The predicted octanol–water partition coefficient (Wildman–Crippen LogP) is 3.20. The highest BCUT2D eigenvalue weighted by molar-refractivity contribution is 5.85. The van der Waals surface area contributed by atoms with Crippen molar-refractivity contribution in [1.29, 1.82) is 0 Å². The minimum Gasteiger partial charge on any atom is -0.480 e. The van der Waals surface area contributed by atoms with E-state index in [0.717, 1.165) is 12.1 Å². The fourth-order valence-corrected chi connectivity index (χ4v) is 2.34. The third-order valence-electron chi connectivity index (χ3n) is 3.61. The van der Waals surface area contributed by atoms with Crippen molar-refractivity contribution >= 4 is 11.9 Å². The molecule has 138 valence electrons. The maximum absolute atomic E-state index is 12.9. The van der Waals surface area contributed by atoms with Gasteiger partial charge in [0.15, 0.2) is 0 Å². The molecule has 0 aliphatic heterocycles. The minimum absolute atomic E-state index is 0.0794. The SMILES string of the molecule is O=C(Cc1cccc(C(F)(F)F)c1)N[C@H](Cc1ccc(F)cc1)C(=O)O. The van der Waals surface area contributed by atoms with Crippen LogP contribution in [0.15, 0.2) is 48.5 Å². The first kappa shape index (κ1) is 19.4. The predicted molar refractivity (Wildman–Crippen MR) is 84.8 cm³/mol. The molecule has 0 heterocycles. The largest absolute Gasteiger partial charge is 0.480 e. The molecule has 2 aromatic carbocycles. The summed E-state index contributed by atoms with van der Waals surface area (Å²) in [6.07, 6.45) is -5.00. The molecule has 0 fully saturated rings. The molecule has 0 spiro atoms. The van der Waals surface area contributed by atoms with Crippen LogP contribution in [0, 0.1) is 5.82 Å². The van der Waals surface area contributed by atoms with Gasteiger partial charge in [-0.2, -0.15) is 13.2 Å². The zero-order chi connectivity index (χ0) is 19.3. The van der Waals surface area contributed by atoms with E-state index in [9.17, 15) is 32.3 Å². The molecule has 0 aliphatic rings. The number of halogens is 4. The number of carbonyl (C=O) groups is 2. The number of aliphatic carboxylic acids is 1. The molecule has 0 aromatic heterocycles. The van der Waals surface area contributed by atoms with Gasteiger partial charge in [-0.15, -0.1) is 0 Å². The first-order valence-corrected chi connectivity index (χ1v) is 7.58. The lowest BCUT2D eigenvalue weighted by Crippen LogP contribution is -2.43. The molecule has 2 N–H and O–H groups in total. The monoisotopic (exact) mass is 369 g/mol. The molecule has 2 rings (SSSR count). The van der Waals surface area contributed by atoms with Crippen LogP contribution in [0.1, 0.15) is 16.7 Å². The zero-order valence-corrected chi connectivity index (χ0v) is 13.4. The Hall–Kier alpha value is -2.90. The lowest BCUT2D eigenvalue weighted by molar-refractivity contribution is -0.141. The van der Waals surface area contributed by atoms with Crippen LogP contribution >= 0.6 is 0 Å². The summed E-state index contributed by atoms with van der Waals surface area (Å²) in [5, 5.41) is 11.5. The Bertz CT molecular complexity index is 788. The minimum atomic E-state index is -4.53. The van der Waals surface area contributed by atoms with Crippen LogP contribution in [0.2, 0.25) is 0 Å². The van der Waals surface area contributed by atoms with E-state index in [1.165, 1.54) is 36.4 Å². The molecule has 4 nitrogen and oxygen atoms in total. The highest BCUT2D eigenvalue weighted by Gasteiger charge is 2.30. The number of carboxylic acids is 1. The van der Waals surface area contributed by atoms with Crippen LogP contribution in [0.3, 0.4) is 0 Å². The van der Waals surface area contributed by atoms with Gasteiger partial charge in [0.05, 0.1) is 12.0 Å². The molecular formula is C18H15F4NO3. The Balaban J connectivity index is 2.04. The topological polar surface area (TPSA) is 66.4 Å². The van der Waals surface area contributed by atoms with Crippen LogP contribution in [-0.4, -0.2) is 23.0 Å². The van der Waals surface area contributed by atoms with Crippen LogP contribution in [0.5, 0.6) is 0 Å². The summed E-state index contributed by atoms with van der Waals surface area (Å²) in [6.45, 7) is 0. The maximum Gasteiger partial charge on any atom is 0.416 e. The molecule has 0 saturated carbocycles. The molecule has 0 saturated heterocycles. The summed E-state index contributed by atoms with van der Waals surface area (Å²) in [6, 6.07) is 8.10. The molecule has 0 radical (unpaired) electrons. The molecule has 1 atom stereocenters. The van der Waals surface area contributed by atoms with Gasteiger partial charge >= 0.3 is 12.1 Å². The average molecular weight is 369 g/mol. The summed E-state index contributed by atoms with van der Waals surface area (Å²) in [7, 11) is 0. The summed E-state index contributed by atoms with van der Waals surface area (Å²) in [4.78, 5) is 23.3. The van der Waals surface area contributed by atoms with Crippen LogP contribution in [0.4, 0.5) is 17.6 Å². The molecule has 1 amide bonds. The van der Waals surface area contributed by atoms with Crippen LogP contribution < -0.4 is 5.32 Å². The van der Waals surface area contributed by atoms with E-state index >= 15 is 0 Å². The summed E-state index contributed by atoms with van der Waals surface area (Å²) in [5.41, 5.74) is -0.273. The highest BCUT2D eigenvalue weighted by Crippen LogP contribution is 2.29. The van der Waals surface area contributed by atoms with Crippen molar-refractivity contribution in [1.82, 2.24) is 5.32 Å². The molecule has 26 heavy (non-hydrogen) atoms. The van der Waals surface area contributed by atoms with Gasteiger partial charge < -0.3 is 10.4 Å². The molecule has 0 unspecified atom stereocenters. The second-order valence-corrected chi connectivity index (χ2v) is 5.66. The smallest absolute Gasteiger partial charge is 0.416 e. The Morgan fingerprint density at radius 1 is 1.04 bits per heavy atom. The van der Waals surface area contributed by atoms with Crippen molar-refractivity contribution < 1.29 is 32.3 Å². The molecule has 0 bridgehead atoms. The number of hydrogen-bond donors (Lipinski definition) is 2. The number of amides is 1. The lowest BCUT2D eigenvalue weighted by atomic mass is 10.0. The first-order valence-electron chi connectivity index (χ1n) is 7.58. The molecular weight excluding hydrogens is 354 g/mol. The van der Waals surface area contributed by atoms with Crippen molar-refractivity contribution in [2.24, 2.45) is 0 Å². The zero-order valence-electron chi connectivity index (χ0n) is 13.4. The fraction of sp³-hybridized carbons (Fsp3) is 0.222. The maximum atomic E-state index is 12.9. The molecule has 8 heteroatoms. The van der Waals surface area contributed by atoms with Crippen molar-refractivity contribution in [2.75, 3.05) is 0 Å². The van der Waals surface area contributed by atoms with Gasteiger partial charge in [0.25, 0.3) is 0 Å². The van der Waals surface area contributed by atoms with Crippen LogP contribution in [-0.2, 0) is 28.6 Å². The van der Waals surface area contributed by atoms with E-state index in [-0.39, 0.29) is 12.0 Å². The lowest BCUT2D eigenvalue weighted by Gasteiger charge is -2.15.